The molecule has 1 aliphatic rings. The second kappa shape index (κ2) is 6.70. The van der Waals surface area contributed by atoms with Crippen LogP contribution in [0.3, 0.4) is 0 Å². The van der Waals surface area contributed by atoms with Crippen LogP contribution in [0.15, 0.2) is 0 Å². The van der Waals surface area contributed by atoms with Crippen LogP contribution < -0.4 is 5.32 Å². The fraction of sp³-hybridized carbons (Fsp3) is 0.923. The minimum atomic E-state index is -3.40. The zero-order chi connectivity index (χ0) is 14.5. The number of nitrogens with one attached hydrogen (secondary N) is 1. The highest BCUT2D eigenvalue weighted by molar-refractivity contribution is 7.92. The van der Waals surface area contributed by atoms with Gasteiger partial charge in [-0.2, -0.15) is 0 Å². The lowest BCUT2D eigenvalue weighted by Gasteiger charge is -2.38. The molecule has 6 heteroatoms. The Kier molecular flexibility index (Phi) is 5.80. The predicted molar refractivity (Wildman–Crippen MR) is 76.8 cm³/mol. The average Bonchev–Trinajstić information content (AvgIpc) is 2.37. The highest BCUT2D eigenvalue weighted by atomic mass is 32.2. The Morgan fingerprint density at radius 2 is 1.63 bits per heavy atom. The summed E-state index contributed by atoms with van der Waals surface area (Å²) in [6.07, 6.45) is 3.67. The van der Waals surface area contributed by atoms with E-state index < -0.39 is 14.6 Å². The van der Waals surface area contributed by atoms with Crippen molar-refractivity contribution < 1.29 is 13.2 Å². The molecule has 0 atom stereocenters. The van der Waals surface area contributed by atoms with Crippen molar-refractivity contribution in [3.05, 3.63) is 0 Å². The third-order valence-electron chi connectivity index (χ3n) is 3.79. The number of nitrogens with zero attached hydrogens (tertiary/aromatic N) is 1. The van der Waals surface area contributed by atoms with E-state index in [4.69, 9.17) is 0 Å². The molecule has 0 spiro atoms. The first-order chi connectivity index (χ1) is 8.89. The highest BCUT2D eigenvalue weighted by Gasteiger charge is 2.50. The quantitative estimate of drug-likeness (QED) is 0.786. The smallest absolute Gasteiger partial charge is 0.244 e. The van der Waals surface area contributed by atoms with Gasteiger partial charge in [-0.25, -0.2) is 8.42 Å². The van der Waals surface area contributed by atoms with E-state index in [2.05, 4.69) is 5.32 Å². The van der Waals surface area contributed by atoms with Gasteiger partial charge in [0.2, 0.25) is 5.91 Å². The first-order valence-corrected chi connectivity index (χ1v) is 8.98. The van der Waals surface area contributed by atoms with E-state index in [-0.39, 0.29) is 5.91 Å². The first kappa shape index (κ1) is 16.4. The molecular formula is C13H26N2O3S. The van der Waals surface area contributed by atoms with Crippen LogP contribution in [-0.4, -0.2) is 56.4 Å². The van der Waals surface area contributed by atoms with Gasteiger partial charge >= 0.3 is 0 Å². The molecule has 1 fully saturated rings. The summed E-state index contributed by atoms with van der Waals surface area (Å²) in [4.78, 5) is 14.5. The lowest BCUT2D eigenvalue weighted by molar-refractivity contribution is -0.134. The summed E-state index contributed by atoms with van der Waals surface area (Å²) in [5.41, 5.74) is 0. The monoisotopic (exact) mass is 290 g/mol. The van der Waals surface area contributed by atoms with Crippen molar-refractivity contribution in [2.45, 2.75) is 44.3 Å². The fourth-order valence-corrected chi connectivity index (χ4v) is 4.11. The first-order valence-electron chi connectivity index (χ1n) is 7.08. The summed E-state index contributed by atoms with van der Waals surface area (Å²) < 4.78 is 23.2. The largest absolute Gasteiger partial charge is 0.341 e. The maximum atomic E-state index is 12.8. The second-order valence-electron chi connectivity index (χ2n) is 5.31. The van der Waals surface area contributed by atoms with E-state index in [0.29, 0.717) is 39.0 Å². The van der Waals surface area contributed by atoms with Gasteiger partial charge in [0.1, 0.15) is 0 Å². The van der Waals surface area contributed by atoms with Crippen LogP contribution in [0.1, 0.15) is 39.5 Å². The third kappa shape index (κ3) is 3.48. The van der Waals surface area contributed by atoms with Crippen molar-refractivity contribution in [3.63, 3.8) is 0 Å². The molecule has 0 saturated carbocycles. The van der Waals surface area contributed by atoms with E-state index in [1.165, 1.54) is 6.26 Å². The van der Waals surface area contributed by atoms with Gasteiger partial charge in [0.15, 0.2) is 14.6 Å². The van der Waals surface area contributed by atoms with Gasteiger partial charge in [0.05, 0.1) is 0 Å². The van der Waals surface area contributed by atoms with Gasteiger partial charge in [-0.1, -0.05) is 13.8 Å². The van der Waals surface area contributed by atoms with Crippen molar-refractivity contribution >= 4 is 15.7 Å². The number of hydrogen-bond acceptors (Lipinski definition) is 4. The normalized spacial score (nSPS) is 19.1. The molecule has 1 aliphatic heterocycles. The summed E-state index contributed by atoms with van der Waals surface area (Å²) in [5.74, 6) is -0.194. The Morgan fingerprint density at radius 3 is 2.00 bits per heavy atom. The van der Waals surface area contributed by atoms with Crippen LogP contribution in [0.4, 0.5) is 0 Å². The Bertz CT molecular complexity index is 394. The average molecular weight is 290 g/mol. The molecule has 1 rings (SSSR count). The fourth-order valence-electron chi connectivity index (χ4n) is 2.72. The standard InChI is InChI=1S/C13H26N2O3S/c1-4-10-15(11-5-2)12(16)13(19(3,17)18)6-8-14-9-7-13/h14H,4-11H2,1-3H3. The lowest BCUT2D eigenvalue weighted by atomic mass is 9.95. The molecule has 1 saturated heterocycles. The van der Waals surface area contributed by atoms with Crippen molar-refractivity contribution in [2.24, 2.45) is 0 Å². The molecule has 19 heavy (non-hydrogen) atoms. The minimum absolute atomic E-state index is 0.194. The lowest BCUT2D eigenvalue weighted by Crippen LogP contribution is -2.58. The minimum Gasteiger partial charge on any atom is -0.341 e. The van der Waals surface area contributed by atoms with Crippen molar-refractivity contribution in [3.8, 4) is 0 Å². The molecule has 0 unspecified atom stereocenters. The van der Waals surface area contributed by atoms with Crippen LogP contribution in [-0.2, 0) is 14.6 Å². The van der Waals surface area contributed by atoms with Crippen LogP contribution in [0, 0.1) is 0 Å². The SMILES string of the molecule is CCCN(CCC)C(=O)C1(S(C)(=O)=O)CCNCC1. The molecule has 5 nitrogen and oxygen atoms in total. The molecule has 1 amide bonds. The van der Waals surface area contributed by atoms with Crippen LogP contribution in [0.25, 0.3) is 0 Å². The van der Waals surface area contributed by atoms with E-state index in [9.17, 15) is 13.2 Å². The molecule has 0 aromatic carbocycles. The highest BCUT2D eigenvalue weighted by Crippen LogP contribution is 2.30. The van der Waals surface area contributed by atoms with Crippen molar-refractivity contribution in [1.29, 1.82) is 0 Å². The number of amides is 1. The van der Waals surface area contributed by atoms with Gasteiger partial charge in [-0.05, 0) is 38.8 Å². The van der Waals surface area contributed by atoms with Crippen LogP contribution in [0.2, 0.25) is 0 Å². The Balaban J connectivity index is 3.06. The summed E-state index contributed by atoms with van der Waals surface area (Å²) >= 11 is 0. The molecule has 0 aromatic rings. The molecule has 0 bridgehead atoms. The summed E-state index contributed by atoms with van der Waals surface area (Å²) in [6.45, 7) is 6.46. The maximum Gasteiger partial charge on any atom is 0.244 e. The molecule has 0 aromatic heterocycles. The summed E-state index contributed by atoms with van der Waals surface area (Å²) in [6, 6.07) is 0. The number of sulfone groups is 1. The summed E-state index contributed by atoms with van der Waals surface area (Å²) in [5, 5.41) is 3.13. The van der Waals surface area contributed by atoms with Gasteiger partial charge in [0, 0.05) is 19.3 Å². The Morgan fingerprint density at radius 1 is 1.16 bits per heavy atom. The number of carbonyl (C=O) groups is 1. The van der Waals surface area contributed by atoms with Crippen molar-refractivity contribution in [1.82, 2.24) is 10.2 Å². The molecule has 0 radical (unpaired) electrons. The number of piperidine rings is 1. The van der Waals surface area contributed by atoms with E-state index >= 15 is 0 Å². The molecule has 0 aliphatic carbocycles. The van der Waals surface area contributed by atoms with E-state index in [1.54, 1.807) is 4.90 Å². The Hall–Kier alpha value is -0.620. The van der Waals surface area contributed by atoms with Gasteiger partial charge in [-0.15, -0.1) is 0 Å². The topological polar surface area (TPSA) is 66.5 Å². The summed E-state index contributed by atoms with van der Waals surface area (Å²) in [7, 11) is -3.40. The van der Waals surface area contributed by atoms with Gasteiger partial charge in [0.25, 0.3) is 0 Å². The van der Waals surface area contributed by atoms with E-state index in [1.807, 2.05) is 13.8 Å². The zero-order valence-corrected chi connectivity index (χ0v) is 13.1. The molecule has 1 heterocycles. The van der Waals surface area contributed by atoms with Gasteiger partial charge < -0.3 is 10.2 Å². The van der Waals surface area contributed by atoms with Crippen LogP contribution >= 0.6 is 0 Å². The number of rotatable bonds is 6. The molecule has 1 N–H and O–H groups in total. The second-order valence-corrected chi connectivity index (χ2v) is 7.63. The zero-order valence-electron chi connectivity index (χ0n) is 12.2. The third-order valence-corrected chi connectivity index (χ3v) is 5.79. The maximum absolute atomic E-state index is 12.8. The van der Waals surface area contributed by atoms with Gasteiger partial charge in [-0.3, -0.25) is 4.79 Å². The molecule has 112 valence electrons. The molecular weight excluding hydrogens is 264 g/mol. The predicted octanol–water partition coefficient (Wildman–Crippen LogP) is 0.802. The number of hydrogen-bond donors (Lipinski definition) is 1. The Labute approximate surface area is 116 Å². The van der Waals surface area contributed by atoms with E-state index in [0.717, 1.165) is 12.8 Å². The number of carbonyl (C=O) groups excluding carboxylic acids is 1. The van der Waals surface area contributed by atoms with Crippen molar-refractivity contribution in [2.75, 3.05) is 32.4 Å². The van der Waals surface area contributed by atoms with Crippen LogP contribution in [0.5, 0.6) is 0 Å².